The third-order valence-corrected chi connectivity index (χ3v) is 5.41. The Morgan fingerprint density at radius 3 is 2.14 bits per heavy atom. The zero-order chi connectivity index (χ0) is 15.6. The van der Waals surface area contributed by atoms with E-state index >= 15 is 0 Å². The summed E-state index contributed by atoms with van der Waals surface area (Å²) < 4.78 is 27.6. The Hall–Kier alpha value is -0.790. The van der Waals surface area contributed by atoms with Crippen LogP contribution < -0.4 is 4.72 Å². The smallest absolute Gasteiger partial charge is 0.243 e. The summed E-state index contributed by atoms with van der Waals surface area (Å²) in [7, 11) is -3.84. The number of rotatable bonds is 4. The first-order valence-corrected chi connectivity index (χ1v) is 8.75. The number of hydrogen-bond acceptors (Lipinski definition) is 3. The molecule has 8 heteroatoms. The average molecular weight is 411 g/mol. The Labute approximate surface area is 140 Å². The second kappa shape index (κ2) is 6.54. The van der Waals surface area contributed by atoms with Gasteiger partial charge in [0.15, 0.2) is 0 Å². The highest BCUT2D eigenvalue weighted by Crippen LogP contribution is 2.32. The third kappa shape index (κ3) is 4.11. The normalized spacial score (nSPS) is 11.6. The van der Waals surface area contributed by atoms with Gasteiger partial charge in [-0.15, -0.1) is 0 Å². The summed E-state index contributed by atoms with van der Waals surface area (Å²) in [5.41, 5.74) is 0.695. The van der Waals surface area contributed by atoms with E-state index < -0.39 is 10.0 Å². The average Bonchev–Trinajstić information content (AvgIpc) is 2.36. The summed E-state index contributed by atoms with van der Waals surface area (Å²) in [6, 6.07) is 9.10. The van der Waals surface area contributed by atoms with E-state index in [1.54, 1.807) is 12.1 Å². The van der Waals surface area contributed by atoms with E-state index in [1.165, 1.54) is 24.3 Å². The molecule has 0 fully saturated rings. The number of benzene rings is 2. The molecule has 0 saturated carbocycles. The van der Waals surface area contributed by atoms with E-state index in [2.05, 4.69) is 20.7 Å². The minimum absolute atomic E-state index is 0.0348. The minimum atomic E-state index is -3.84. The van der Waals surface area contributed by atoms with Gasteiger partial charge in [-0.05, 0) is 29.8 Å². The van der Waals surface area contributed by atoms with Crippen LogP contribution in [0.2, 0.25) is 10.0 Å². The Kier molecular flexibility index (Phi) is 5.16. The van der Waals surface area contributed by atoms with Crippen molar-refractivity contribution >= 4 is 49.2 Å². The van der Waals surface area contributed by atoms with Crippen molar-refractivity contribution in [2.75, 3.05) is 0 Å². The predicted molar refractivity (Wildman–Crippen MR) is 86.3 cm³/mol. The van der Waals surface area contributed by atoms with Crippen LogP contribution in [0, 0.1) is 0 Å². The van der Waals surface area contributed by atoms with Crippen molar-refractivity contribution in [2.45, 2.75) is 11.4 Å². The van der Waals surface area contributed by atoms with Crippen LogP contribution in [-0.2, 0) is 16.6 Å². The van der Waals surface area contributed by atoms with Gasteiger partial charge in [0, 0.05) is 11.0 Å². The first-order valence-electron chi connectivity index (χ1n) is 5.72. The van der Waals surface area contributed by atoms with E-state index in [4.69, 9.17) is 23.2 Å². The summed E-state index contributed by atoms with van der Waals surface area (Å²) >= 11 is 15.1. The molecule has 0 aromatic heterocycles. The molecule has 0 aliphatic rings. The van der Waals surface area contributed by atoms with Crippen LogP contribution in [0.15, 0.2) is 45.8 Å². The molecule has 0 heterocycles. The summed E-state index contributed by atoms with van der Waals surface area (Å²) in [5, 5.41) is 9.25. The van der Waals surface area contributed by atoms with Crippen LogP contribution in [0.4, 0.5) is 0 Å². The minimum Gasteiger partial charge on any atom is -0.508 e. The maximum atomic E-state index is 12.3. The highest BCUT2D eigenvalue weighted by Gasteiger charge is 2.22. The number of phenols is 1. The van der Waals surface area contributed by atoms with Crippen LogP contribution in [0.5, 0.6) is 5.75 Å². The second-order valence-electron chi connectivity index (χ2n) is 4.19. The van der Waals surface area contributed by atoms with Gasteiger partial charge in [-0.2, -0.15) is 0 Å². The van der Waals surface area contributed by atoms with E-state index in [9.17, 15) is 13.5 Å². The molecule has 2 aromatic rings. The molecule has 2 rings (SSSR count). The fraction of sp³-hybridized carbons (Fsp3) is 0.0769. The molecule has 0 amide bonds. The summed E-state index contributed by atoms with van der Waals surface area (Å²) in [6.45, 7) is 0.0608. The topological polar surface area (TPSA) is 66.4 Å². The van der Waals surface area contributed by atoms with Crippen LogP contribution in [-0.4, -0.2) is 13.5 Å². The molecule has 0 aliphatic carbocycles. The second-order valence-corrected chi connectivity index (χ2v) is 7.62. The van der Waals surface area contributed by atoms with E-state index in [0.717, 1.165) is 0 Å². The van der Waals surface area contributed by atoms with Crippen molar-refractivity contribution < 1.29 is 13.5 Å². The fourth-order valence-corrected chi connectivity index (χ4v) is 4.60. The number of hydrogen-bond donors (Lipinski definition) is 2. The number of nitrogens with one attached hydrogen (secondary N) is 1. The van der Waals surface area contributed by atoms with Crippen LogP contribution >= 0.6 is 39.1 Å². The SMILES string of the molecule is O=S(=O)(NCc1ccc(O)cc1)c1c(Cl)cc(Br)cc1Cl. The molecular weight excluding hydrogens is 401 g/mol. The molecule has 0 aliphatic heterocycles. The molecule has 0 bridgehead atoms. The van der Waals surface area contributed by atoms with Crippen molar-refractivity contribution in [1.82, 2.24) is 4.72 Å². The molecule has 0 saturated heterocycles. The fourth-order valence-electron chi connectivity index (χ4n) is 1.65. The zero-order valence-corrected chi connectivity index (χ0v) is 14.4. The Balaban J connectivity index is 2.25. The van der Waals surface area contributed by atoms with Gasteiger partial charge in [0.05, 0.1) is 10.0 Å². The number of halogens is 3. The van der Waals surface area contributed by atoms with Crippen LogP contribution in [0.3, 0.4) is 0 Å². The van der Waals surface area contributed by atoms with Crippen molar-refractivity contribution in [3.05, 3.63) is 56.5 Å². The lowest BCUT2D eigenvalue weighted by Crippen LogP contribution is -2.23. The largest absolute Gasteiger partial charge is 0.508 e. The van der Waals surface area contributed by atoms with Gasteiger partial charge >= 0.3 is 0 Å². The number of aromatic hydroxyl groups is 1. The Morgan fingerprint density at radius 2 is 1.62 bits per heavy atom. The lowest BCUT2D eigenvalue weighted by molar-refractivity contribution is 0.475. The van der Waals surface area contributed by atoms with Gasteiger partial charge in [0.25, 0.3) is 0 Å². The molecule has 112 valence electrons. The van der Waals surface area contributed by atoms with Crippen LogP contribution in [0.1, 0.15) is 5.56 Å². The number of phenolic OH excluding ortho intramolecular Hbond substituents is 1. The molecule has 0 spiro atoms. The Morgan fingerprint density at radius 1 is 1.10 bits per heavy atom. The van der Waals surface area contributed by atoms with Gasteiger partial charge in [-0.25, -0.2) is 13.1 Å². The first kappa shape index (κ1) is 16.6. The summed E-state index contributed by atoms with van der Waals surface area (Å²) in [4.78, 5) is -0.159. The van der Waals surface area contributed by atoms with Crippen molar-refractivity contribution in [3.63, 3.8) is 0 Å². The molecule has 0 radical (unpaired) electrons. The highest BCUT2D eigenvalue weighted by atomic mass is 79.9. The lowest BCUT2D eigenvalue weighted by atomic mass is 10.2. The van der Waals surface area contributed by atoms with Gasteiger partial charge in [0.1, 0.15) is 10.6 Å². The van der Waals surface area contributed by atoms with Gasteiger partial charge in [-0.3, -0.25) is 0 Å². The van der Waals surface area contributed by atoms with Crippen molar-refractivity contribution in [2.24, 2.45) is 0 Å². The third-order valence-electron chi connectivity index (χ3n) is 2.63. The van der Waals surface area contributed by atoms with Gasteiger partial charge in [-0.1, -0.05) is 51.3 Å². The highest BCUT2D eigenvalue weighted by molar-refractivity contribution is 9.10. The Bertz CT molecular complexity index is 740. The van der Waals surface area contributed by atoms with Crippen molar-refractivity contribution in [3.8, 4) is 5.75 Å². The molecule has 21 heavy (non-hydrogen) atoms. The van der Waals surface area contributed by atoms with E-state index in [0.29, 0.717) is 10.0 Å². The van der Waals surface area contributed by atoms with Crippen molar-refractivity contribution in [1.29, 1.82) is 0 Å². The lowest BCUT2D eigenvalue weighted by Gasteiger charge is -2.10. The van der Waals surface area contributed by atoms with E-state index in [1.807, 2.05) is 0 Å². The zero-order valence-electron chi connectivity index (χ0n) is 10.5. The van der Waals surface area contributed by atoms with Gasteiger partial charge < -0.3 is 5.11 Å². The molecule has 2 N–H and O–H groups in total. The molecule has 4 nitrogen and oxygen atoms in total. The molecule has 0 unspecified atom stereocenters. The first-order chi connectivity index (χ1) is 9.79. The summed E-state index contributed by atoms with van der Waals surface area (Å²) in [6.07, 6.45) is 0. The molecular formula is C13H10BrCl2NO3S. The molecule has 2 aromatic carbocycles. The predicted octanol–water partition coefficient (Wildman–Crippen LogP) is 3.94. The quantitative estimate of drug-likeness (QED) is 0.802. The van der Waals surface area contributed by atoms with Crippen LogP contribution in [0.25, 0.3) is 0 Å². The monoisotopic (exact) mass is 409 g/mol. The maximum Gasteiger partial charge on any atom is 0.243 e. The maximum absolute atomic E-state index is 12.3. The standard InChI is InChI=1S/C13H10BrCl2NO3S/c14-9-5-11(15)13(12(16)6-9)21(19,20)17-7-8-1-3-10(18)4-2-8/h1-6,17-18H,7H2. The van der Waals surface area contributed by atoms with E-state index in [-0.39, 0.29) is 27.2 Å². The van der Waals surface area contributed by atoms with Gasteiger partial charge in [0.2, 0.25) is 10.0 Å². The summed E-state index contributed by atoms with van der Waals surface area (Å²) in [5.74, 6) is 0.112. The molecule has 0 atom stereocenters. The number of sulfonamides is 1.